The fraction of sp³-hybridized carbons (Fsp3) is 0.346. The minimum atomic E-state index is 0.504. The van der Waals surface area contributed by atoms with Gasteiger partial charge in [-0.25, -0.2) is 9.97 Å². The summed E-state index contributed by atoms with van der Waals surface area (Å²) in [6, 6.07) is 6.43. The summed E-state index contributed by atoms with van der Waals surface area (Å²) in [4.78, 5) is 15.4. The third-order valence-electron chi connectivity index (χ3n) is 6.59. The van der Waals surface area contributed by atoms with E-state index in [4.69, 9.17) is 15.5 Å². The van der Waals surface area contributed by atoms with Gasteiger partial charge in [-0.2, -0.15) is 0 Å². The van der Waals surface area contributed by atoms with Crippen LogP contribution in [0.2, 0.25) is 0 Å². The molecule has 7 heteroatoms. The highest BCUT2D eigenvalue weighted by Gasteiger charge is 2.24. The minimum Gasteiger partial charge on any atom is -0.383 e. The Morgan fingerprint density at radius 3 is 2.70 bits per heavy atom. The Hall–Kier alpha value is -2.87. The van der Waals surface area contributed by atoms with Crippen LogP contribution in [0.3, 0.4) is 0 Å². The average Bonchev–Trinajstić information content (AvgIpc) is 3.25. The van der Waals surface area contributed by atoms with Crippen LogP contribution in [0.15, 0.2) is 36.8 Å². The Bertz CT molecular complexity index is 1310. The van der Waals surface area contributed by atoms with E-state index in [9.17, 15) is 0 Å². The van der Waals surface area contributed by atoms with E-state index in [-0.39, 0.29) is 0 Å². The normalized spacial score (nSPS) is 14.8. The van der Waals surface area contributed by atoms with Crippen molar-refractivity contribution in [3.05, 3.63) is 58.5 Å². The number of thiazole rings is 1. The number of rotatable bonds is 5. The summed E-state index contributed by atoms with van der Waals surface area (Å²) in [5.74, 6) is 1.04. The monoisotopic (exact) mass is 459 g/mol. The lowest BCUT2D eigenvalue weighted by atomic mass is 9.96. The molecule has 1 saturated heterocycles. The number of ether oxygens (including phenoxy) is 1. The van der Waals surface area contributed by atoms with Gasteiger partial charge in [0.2, 0.25) is 0 Å². The summed E-state index contributed by atoms with van der Waals surface area (Å²) in [6.07, 6.45) is 7.78. The highest BCUT2D eigenvalue weighted by atomic mass is 32.1. The number of aromatic nitrogens is 3. The van der Waals surface area contributed by atoms with Gasteiger partial charge in [-0.15, -0.1) is 11.3 Å². The van der Waals surface area contributed by atoms with Gasteiger partial charge in [-0.1, -0.05) is 12.1 Å². The van der Waals surface area contributed by atoms with Crippen molar-refractivity contribution < 1.29 is 4.74 Å². The molecule has 0 spiro atoms. The fourth-order valence-corrected chi connectivity index (χ4v) is 5.85. The van der Waals surface area contributed by atoms with Crippen molar-refractivity contribution in [2.24, 2.45) is 0 Å². The first-order valence-corrected chi connectivity index (χ1v) is 12.2. The third kappa shape index (κ3) is 4.12. The predicted molar refractivity (Wildman–Crippen MR) is 136 cm³/mol. The van der Waals surface area contributed by atoms with Crippen molar-refractivity contribution in [1.82, 2.24) is 20.3 Å². The molecular formula is C26H29N5OS. The van der Waals surface area contributed by atoms with Crippen LogP contribution in [0.4, 0.5) is 5.82 Å². The van der Waals surface area contributed by atoms with Gasteiger partial charge in [0.05, 0.1) is 5.69 Å². The number of anilines is 1. The molecule has 3 aromatic heterocycles. The number of hydrogen-bond acceptors (Lipinski definition) is 7. The van der Waals surface area contributed by atoms with Gasteiger partial charge in [-0.05, 0) is 67.8 Å². The van der Waals surface area contributed by atoms with Crippen molar-refractivity contribution in [3.8, 4) is 21.7 Å². The second-order valence-electron chi connectivity index (χ2n) is 8.69. The number of hydrogen-bond donors (Lipinski definition) is 2. The maximum Gasteiger partial charge on any atom is 0.131 e. The van der Waals surface area contributed by atoms with Crippen LogP contribution < -0.4 is 11.1 Å². The van der Waals surface area contributed by atoms with Crippen LogP contribution in [0.1, 0.15) is 40.5 Å². The van der Waals surface area contributed by atoms with Crippen molar-refractivity contribution in [2.75, 3.05) is 26.0 Å². The zero-order chi connectivity index (χ0) is 22.9. The predicted octanol–water partition coefficient (Wildman–Crippen LogP) is 5.23. The summed E-state index contributed by atoms with van der Waals surface area (Å²) >= 11 is 1.79. The molecule has 0 saturated carbocycles. The molecule has 1 fully saturated rings. The summed E-state index contributed by atoms with van der Waals surface area (Å²) in [5.41, 5.74) is 13.1. The molecule has 1 aromatic carbocycles. The number of fused-ring (bicyclic) bond motifs is 1. The quantitative estimate of drug-likeness (QED) is 0.425. The number of aryl methyl sites for hydroxylation is 1. The van der Waals surface area contributed by atoms with Gasteiger partial charge in [-0.3, -0.25) is 4.98 Å². The molecule has 0 unspecified atom stereocenters. The van der Waals surface area contributed by atoms with Crippen molar-refractivity contribution in [2.45, 2.75) is 39.2 Å². The van der Waals surface area contributed by atoms with Gasteiger partial charge in [0, 0.05) is 59.7 Å². The number of nitrogens with one attached hydrogen (secondary N) is 1. The Balaban J connectivity index is 1.62. The van der Waals surface area contributed by atoms with E-state index in [1.807, 2.05) is 25.6 Å². The highest BCUT2D eigenvalue weighted by molar-refractivity contribution is 7.15. The maximum atomic E-state index is 6.35. The van der Waals surface area contributed by atoms with E-state index in [1.54, 1.807) is 11.3 Å². The summed E-state index contributed by atoms with van der Waals surface area (Å²) in [5, 5.41) is 6.31. The second kappa shape index (κ2) is 9.17. The largest absolute Gasteiger partial charge is 0.383 e. The molecule has 5 rings (SSSR count). The smallest absolute Gasteiger partial charge is 0.131 e. The first-order chi connectivity index (χ1) is 16.1. The molecule has 0 radical (unpaired) electrons. The molecule has 6 nitrogen and oxygen atoms in total. The maximum absolute atomic E-state index is 6.35. The fourth-order valence-electron chi connectivity index (χ4n) is 4.57. The third-order valence-corrected chi connectivity index (χ3v) is 7.88. The molecule has 3 N–H and O–H groups in total. The summed E-state index contributed by atoms with van der Waals surface area (Å²) in [6.45, 7) is 6.61. The van der Waals surface area contributed by atoms with Crippen molar-refractivity contribution in [3.63, 3.8) is 0 Å². The average molecular weight is 460 g/mol. The Morgan fingerprint density at radius 1 is 1.09 bits per heavy atom. The lowest BCUT2D eigenvalue weighted by molar-refractivity contribution is 0.0858. The SMILES string of the molecule is CNCc1nc(-c2cnc(N)c3cc(-c4cncc(C)c4C)ccc23)sc1C1CCOCC1. The minimum absolute atomic E-state index is 0.504. The number of nitrogens with two attached hydrogens (primary N) is 1. The molecule has 4 aromatic rings. The molecule has 170 valence electrons. The molecule has 1 aliphatic rings. The van der Waals surface area contributed by atoms with Crippen LogP contribution in [0, 0.1) is 13.8 Å². The lowest BCUT2D eigenvalue weighted by Gasteiger charge is -2.21. The Labute approximate surface area is 198 Å². The number of benzene rings is 1. The van der Waals surface area contributed by atoms with E-state index < -0.39 is 0 Å². The standard InChI is InChI=1S/C26H29N5OS/c1-15-11-29-12-21(16(15)2)18-4-5-19-20(10-18)25(27)30-13-22(19)26-31-23(14-28-3)24(33-26)17-6-8-32-9-7-17/h4-5,10-13,17,28H,6-9,14H2,1-3H3,(H2,27,30). The first kappa shape index (κ1) is 21.9. The summed E-state index contributed by atoms with van der Waals surface area (Å²) < 4.78 is 5.59. The van der Waals surface area contributed by atoms with Gasteiger partial charge < -0.3 is 15.8 Å². The Kier molecular flexibility index (Phi) is 6.10. The van der Waals surface area contributed by atoms with Crippen LogP contribution in [0.25, 0.3) is 32.5 Å². The van der Waals surface area contributed by atoms with E-state index in [2.05, 4.69) is 47.3 Å². The van der Waals surface area contributed by atoms with Gasteiger partial charge in [0.1, 0.15) is 10.8 Å². The second-order valence-corrected chi connectivity index (χ2v) is 9.72. The van der Waals surface area contributed by atoms with E-state index in [0.717, 1.165) is 70.8 Å². The Morgan fingerprint density at radius 2 is 1.91 bits per heavy atom. The van der Waals surface area contributed by atoms with Gasteiger partial charge in [0.15, 0.2) is 0 Å². The molecule has 0 amide bonds. The van der Waals surface area contributed by atoms with Crippen LogP contribution in [0.5, 0.6) is 0 Å². The molecule has 0 atom stereocenters. The van der Waals surface area contributed by atoms with Crippen molar-refractivity contribution in [1.29, 1.82) is 0 Å². The first-order valence-electron chi connectivity index (χ1n) is 11.4. The zero-order valence-corrected chi connectivity index (χ0v) is 20.1. The van der Waals surface area contributed by atoms with E-state index in [0.29, 0.717) is 11.7 Å². The van der Waals surface area contributed by atoms with E-state index in [1.165, 1.54) is 16.0 Å². The molecule has 0 aliphatic carbocycles. The van der Waals surface area contributed by atoms with E-state index >= 15 is 0 Å². The molecule has 33 heavy (non-hydrogen) atoms. The number of pyridine rings is 2. The molecule has 0 bridgehead atoms. The van der Waals surface area contributed by atoms with Crippen molar-refractivity contribution >= 4 is 27.9 Å². The zero-order valence-electron chi connectivity index (χ0n) is 19.3. The molecule has 4 heterocycles. The highest BCUT2D eigenvalue weighted by Crippen LogP contribution is 2.41. The topological polar surface area (TPSA) is 86.0 Å². The number of nitrogen functional groups attached to an aromatic ring is 1. The lowest BCUT2D eigenvalue weighted by Crippen LogP contribution is -2.16. The van der Waals surface area contributed by atoms with Crippen LogP contribution in [-0.4, -0.2) is 35.2 Å². The van der Waals surface area contributed by atoms with Gasteiger partial charge >= 0.3 is 0 Å². The summed E-state index contributed by atoms with van der Waals surface area (Å²) in [7, 11) is 1.97. The molecular weight excluding hydrogens is 430 g/mol. The number of nitrogens with zero attached hydrogens (tertiary/aromatic N) is 3. The molecule has 1 aliphatic heterocycles. The van der Waals surface area contributed by atoms with Gasteiger partial charge in [0.25, 0.3) is 0 Å². The van der Waals surface area contributed by atoms with Crippen LogP contribution >= 0.6 is 11.3 Å². The van der Waals surface area contributed by atoms with Crippen LogP contribution in [-0.2, 0) is 11.3 Å².